The normalized spacial score (nSPS) is 24.8. The summed E-state index contributed by atoms with van der Waals surface area (Å²) in [6.45, 7) is 1.60. The van der Waals surface area contributed by atoms with E-state index in [1.807, 2.05) is 0 Å². The van der Waals surface area contributed by atoms with Gasteiger partial charge in [-0.1, -0.05) is 5.57 Å². The molecule has 13 heteroatoms. The molecule has 0 spiro atoms. The van der Waals surface area contributed by atoms with Crippen LogP contribution in [0.15, 0.2) is 48.0 Å². The Morgan fingerprint density at radius 1 is 0.976 bits per heavy atom. The molecule has 0 radical (unpaired) electrons. The van der Waals surface area contributed by atoms with Crippen molar-refractivity contribution in [2.45, 2.75) is 44.1 Å². The Labute approximate surface area is 236 Å². The molecule has 1 saturated heterocycles. The molecule has 2 saturated carbocycles. The van der Waals surface area contributed by atoms with Crippen molar-refractivity contribution in [1.29, 1.82) is 0 Å². The Balaban J connectivity index is 1.46. The van der Waals surface area contributed by atoms with Gasteiger partial charge in [0, 0.05) is 42.5 Å². The Bertz CT molecular complexity index is 1400. The van der Waals surface area contributed by atoms with E-state index in [9.17, 15) is 40.3 Å². The van der Waals surface area contributed by atoms with Crippen molar-refractivity contribution in [1.82, 2.24) is 5.32 Å². The molecule has 42 heavy (non-hydrogen) atoms. The van der Waals surface area contributed by atoms with Crippen LogP contribution in [0.3, 0.4) is 0 Å². The van der Waals surface area contributed by atoms with Gasteiger partial charge in [0.2, 0.25) is 5.91 Å². The molecule has 2 aliphatic carbocycles. The van der Waals surface area contributed by atoms with E-state index in [1.54, 1.807) is 18.2 Å². The maximum Gasteiger partial charge on any atom is 0.419 e. The molecule has 2 bridgehead atoms. The van der Waals surface area contributed by atoms with Crippen LogP contribution in [0.4, 0.5) is 42.1 Å². The molecule has 2 aromatic carbocycles. The molecule has 6 nitrogen and oxygen atoms in total. The molecule has 1 heterocycles. The zero-order chi connectivity index (χ0) is 30.4. The van der Waals surface area contributed by atoms with Crippen LogP contribution < -0.4 is 20.3 Å². The van der Waals surface area contributed by atoms with E-state index >= 15 is 0 Å². The molecule has 2 aromatic rings. The first-order valence-corrected chi connectivity index (χ1v) is 13.5. The number of alkyl halides is 6. The topological polar surface area (TPSA) is 70.7 Å². The van der Waals surface area contributed by atoms with E-state index in [2.05, 4.69) is 15.5 Å². The van der Waals surface area contributed by atoms with Gasteiger partial charge in [0.15, 0.2) is 0 Å². The highest BCUT2D eigenvalue weighted by molar-refractivity contribution is 6.00. The number of carbonyl (C=O) groups is 2. The third-order valence-corrected chi connectivity index (χ3v) is 8.27. The third kappa shape index (κ3) is 5.91. The monoisotopic (exact) mass is 599 g/mol. The quantitative estimate of drug-likeness (QED) is 0.301. The van der Waals surface area contributed by atoms with Crippen molar-refractivity contribution < 1.29 is 45.1 Å². The minimum atomic E-state index is -5.03. The first-order valence-electron chi connectivity index (χ1n) is 13.5. The third-order valence-electron chi connectivity index (χ3n) is 8.27. The average Bonchev–Trinajstić information content (AvgIpc) is 3.64. The highest BCUT2D eigenvalue weighted by Crippen LogP contribution is 2.54. The number of halogens is 7. The first kappa shape index (κ1) is 29.7. The summed E-state index contributed by atoms with van der Waals surface area (Å²) >= 11 is 0. The minimum Gasteiger partial charge on any atom is -0.496 e. The van der Waals surface area contributed by atoms with Crippen molar-refractivity contribution in [2.75, 3.05) is 30.4 Å². The van der Waals surface area contributed by atoms with E-state index in [4.69, 9.17) is 4.74 Å². The SMILES string of the molecule is COc1ccc(N2CCCC2)cc1C(=O)NC1C2CCC(/C2=C/C(F)(F)F)[C@@H]1C(=O)Nc1ccc(F)c(C(F)(F)F)c1. The number of anilines is 2. The summed E-state index contributed by atoms with van der Waals surface area (Å²) < 4.78 is 99.2. The van der Waals surface area contributed by atoms with Gasteiger partial charge in [-0.15, -0.1) is 0 Å². The van der Waals surface area contributed by atoms with E-state index < -0.39 is 59.3 Å². The second kappa shape index (κ2) is 11.1. The molecule has 0 aromatic heterocycles. The van der Waals surface area contributed by atoms with Gasteiger partial charge in [-0.25, -0.2) is 4.39 Å². The lowest BCUT2D eigenvalue weighted by atomic mass is 9.83. The summed E-state index contributed by atoms with van der Waals surface area (Å²) in [6.07, 6.45) is -7.08. The van der Waals surface area contributed by atoms with Crippen LogP contribution in [0.2, 0.25) is 0 Å². The number of nitrogens with one attached hydrogen (secondary N) is 2. The predicted octanol–water partition coefficient (Wildman–Crippen LogP) is 6.34. The number of hydrogen-bond acceptors (Lipinski definition) is 4. The van der Waals surface area contributed by atoms with Gasteiger partial charge in [0.1, 0.15) is 11.6 Å². The molecular weight excluding hydrogens is 571 g/mol. The van der Waals surface area contributed by atoms with Gasteiger partial charge in [-0.2, -0.15) is 26.3 Å². The highest BCUT2D eigenvalue weighted by atomic mass is 19.4. The standard InChI is InChI=1S/C29H28F7N3O3/c1-42-23-9-5-16(39-10-2-3-11-39)13-19(23)26(40)38-25-18-7-6-17(20(18)14-28(31,32)33)24(25)27(41)37-15-4-8-22(30)21(12-15)29(34,35)36/h4-5,8-9,12-14,17-18,24-25H,2-3,6-7,10-11H2,1H3,(H,37,41)(H,38,40)/b20-14-/t17?,18?,24-,25?/m0/s1. The molecule has 3 aliphatic rings. The summed E-state index contributed by atoms with van der Waals surface area (Å²) in [4.78, 5) is 29.1. The number of hydrogen-bond donors (Lipinski definition) is 2. The number of methoxy groups -OCH3 is 1. The molecule has 4 atom stereocenters. The van der Waals surface area contributed by atoms with Gasteiger partial charge in [0.25, 0.3) is 5.91 Å². The summed E-state index contributed by atoms with van der Waals surface area (Å²) in [6, 6.07) is 5.89. The van der Waals surface area contributed by atoms with E-state index in [-0.39, 0.29) is 41.5 Å². The summed E-state index contributed by atoms with van der Waals surface area (Å²) in [7, 11) is 1.37. The molecule has 2 N–H and O–H groups in total. The second-order valence-electron chi connectivity index (χ2n) is 10.8. The fourth-order valence-corrected chi connectivity index (χ4v) is 6.50. The molecule has 226 valence electrons. The molecular formula is C29H28F7N3O3. The molecule has 2 amide bonds. The number of nitrogens with zero attached hydrogens (tertiary/aromatic N) is 1. The predicted molar refractivity (Wildman–Crippen MR) is 140 cm³/mol. The fourth-order valence-electron chi connectivity index (χ4n) is 6.50. The Kier molecular flexibility index (Phi) is 7.88. The molecule has 3 unspecified atom stereocenters. The van der Waals surface area contributed by atoms with Crippen LogP contribution in [0.1, 0.15) is 41.6 Å². The number of benzene rings is 2. The van der Waals surface area contributed by atoms with Gasteiger partial charge in [-0.3, -0.25) is 9.59 Å². The van der Waals surface area contributed by atoms with Crippen molar-refractivity contribution in [2.24, 2.45) is 17.8 Å². The zero-order valence-electron chi connectivity index (χ0n) is 22.4. The molecule has 1 aliphatic heterocycles. The molecule has 5 rings (SSSR count). The second-order valence-corrected chi connectivity index (χ2v) is 10.8. The average molecular weight is 600 g/mol. The summed E-state index contributed by atoms with van der Waals surface area (Å²) in [5, 5.41) is 5.06. The van der Waals surface area contributed by atoms with Crippen molar-refractivity contribution in [3.8, 4) is 5.75 Å². The fraction of sp³-hybridized carbons (Fsp3) is 0.448. The largest absolute Gasteiger partial charge is 0.496 e. The smallest absolute Gasteiger partial charge is 0.419 e. The lowest BCUT2D eigenvalue weighted by Crippen LogP contribution is -2.48. The summed E-state index contributed by atoms with van der Waals surface area (Å²) in [5.41, 5.74) is -1.10. The van der Waals surface area contributed by atoms with Crippen molar-refractivity contribution >= 4 is 23.2 Å². The maximum atomic E-state index is 13.8. The van der Waals surface area contributed by atoms with Crippen LogP contribution in [-0.4, -0.2) is 44.2 Å². The van der Waals surface area contributed by atoms with E-state index in [1.165, 1.54) is 7.11 Å². The highest BCUT2D eigenvalue weighted by Gasteiger charge is 2.55. The number of allylic oxidation sites excluding steroid dienone is 1. The van der Waals surface area contributed by atoms with Crippen LogP contribution in [0, 0.1) is 23.6 Å². The van der Waals surface area contributed by atoms with Gasteiger partial charge in [0.05, 0.1) is 24.2 Å². The van der Waals surface area contributed by atoms with Gasteiger partial charge < -0.3 is 20.3 Å². The van der Waals surface area contributed by atoms with Gasteiger partial charge >= 0.3 is 12.4 Å². The minimum absolute atomic E-state index is 0.0409. The number of fused-ring (bicyclic) bond motifs is 2. The van der Waals surface area contributed by atoms with Crippen LogP contribution in [0.5, 0.6) is 5.75 Å². The van der Waals surface area contributed by atoms with Crippen molar-refractivity contribution in [3.63, 3.8) is 0 Å². The number of ether oxygens (including phenoxy) is 1. The Morgan fingerprint density at radius 3 is 2.31 bits per heavy atom. The van der Waals surface area contributed by atoms with Crippen LogP contribution >= 0.6 is 0 Å². The van der Waals surface area contributed by atoms with Crippen molar-refractivity contribution in [3.05, 3.63) is 65.0 Å². The lowest BCUT2D eigenvalue weighted by Gasteiger charge is -2.30. The number of carbonyl (C=O) groups excluding carboxylic acids is 2. The number of rotatable bonds is 6. The molecule has 3 fully saturated rings. The van der Waals surface area contributed by atoms with E-state index in [0.29, 0.717) is 12.1 Å². The Morgan fingerprint density at radius 2 is 1.67 bits per heavy atom. The maximum absolute atomic E-state index is 13.8. The van der Waals surface area contributed by atoms with Crippen LogP contribution in [0.25, 0.3) is 0 Å². The zero-order valence-corrected chi connectivity index (χ0v) is 22.4. The van der Waals surface area contributed by atoms with Gasteiger partial charge in [-0.05, 0) is 68.0 Å². The lowest BCUT2D eigenvalue weighted by molar-refractivity contribution is -0.140. The summed E-state index contributed by atoms with van der Waals surface area (Å²) in [5.74, 6) is -5.77. The first-order chi connectivity index (χ1) is 19.8. The Hall–Kier alpha value is -3.77. The van der Waals surface area contributed by atoms with E-state index in [0.717, 1.165) is 37.7 Å². The van der Waals surface area contributed by atoms with Crippen LogP contribution in [-0.2, 0) is 11.0 Å². The number of amides is 2.